The molecule has 176 valence electrons. The second kappa shape index (κ2) is 8.69. The number of aryl methyl sites for hydroxylation is 1. The zero-order valence-corrected chi connectivity index (χ0v) is 18.9. The van der Waals surface area contributed by atoms with Gasteiger partial charge in [0.05, 0.1) is 21.2 Å². The number of anilines is 1. The highest BCUT2D eigenvalue weighted by Gasteiger charge is 2.35. The van der Waals surface area contributed by atoms with E-state index in [2.05, 4.69) is 24.7 Å². The highest BCUT2D eigenvalue weighted by Crippen LogP contribution is 2.36. The van der Waals surface area contributed by atoms with Gasteiger partial charge in [-0.25, -0.2) is 18.4 Å². The molecule has 13 heteroatoms. The summed E-state index contributed by atoms with van der Waals surface area (Å²) in [6.07, 6.45) is -0.257. The molecule has 0 aliphatic rings. The first-order chi connectivity index (χ1) is 16.0. The standard InChI is InChI=1S/C21H15ClF3N5O3S/c1-2-11-7-16(30-34(32,33)12-3-4-15(22)14(8-12)21(23,24)25)18(27-9-11)19(31)17-13-5-6-26-20(13)29-10-28-17/h3-10,30H,2H2,1H3,(H,26,28,29). The Balaban J connectivity index is 1.79. The SMILES string of the molecule is CCc1cnc(C(=O)c2ncnc3[nH]ccc23)c(NS(=O)(=O)c2ccc(Cl)c(C(F)(F)F)c2)c1. The van der Waals surface area contributed by atoms with Crippen molar-refractivity contribution >= 4 is 44.1 Å². The molecule has 0 saturated heterocycles. The molecule has 2 N–H and O–H groups in total. The van der Waals surface area contributed by atoms with Crippen molar-refractivity contribution in [3.05, 3.63) is 76.6 Å². The van der Waals surface area contributed by atoms with E-state index in [9.17, 15) is 26.4 Å². The quantitative estimate of drug-likeness (QED) is 0.366. The predicted octanol–water partition coefficient (Wildman–Crippen LogP) is 4.62. The molecule has 34 heavy (non-hydrogen) atoms. The fourth-order valence-electron chi connectivity index (χ4n) is 3.22. The van der Waals surface area contributed by atoms with Crippen LogP contribution in [0, 0.1) is 0 Å². The topological polar surface area (TPSA) is 118 Å². The number of ketones is 1. The molecule has 0 fully saturated rings. The zero-order valence-electron chi connectivity index (χ0n) is 17.3. The number of carbonyl (C=O) groups excluding carboxylic acids is 1. The van der Waals surface area contributed by atoms with Gasteiger partial charge in [-0.05, 0) is 42.3 Å². The lowest BCUT2D eigenvalue weighted by Gasteiger charge is -2.15. The van der Waals surface area contributed by atoms with Gasteiger partial charge >= 0.3 is 6.18 Å². The molecular weight excluding hydrogens is 495 g/mol. The summed E-state index contributed by atoms with van der Waals surface area (Å²) in [4.78, 5) is 27.6. The van der Waals surface area contributed by atoms with Crippen LogP contribution in [-0.4, -0.2) is 34.1 Å². The van der Waals surface area contributed by atoms with Crippen molar-refractivity contribution in [2.24, 2.45) is 0 Å². The van der Waals surface area contributed by atoms with Crippen LogP contribution < -0.4 is 4.72 Å². The molecule has 0 unspecified atom stereocenters. The molecule has 3 aromatic heterocycles. The average Bonchev–Trinajstić information content (AvgIpc) is 3.26. The van der Waals surface area contributed by atoms with Crippen molar-refractivity contribution in [2.45, 2.75) is 24.4 Å². The summed E-state index contributed by atoms with van der Waals surface area (Å²) >= 11 is 5.60. The third-order valence-corrected chi connectivity index (χ3v) is 6.63. The first-order valence-electron chi connectivity index (χ1n) is 9.72. The van der Waals surface area contributed by atoms with Crippen molar-refractivity contribution in [2.75, 3.05) is 4.72 Å². The minimum atomic E-state index is -4.86. The number of nitrogens with zero attached hydrogens (tertiary/aromatic N) is 3. The van der Waals surface area contributed by atoms with Gasteiger partial charge in [-0.3, -0.25) is 14.5 Å². The van der Waals surface area contributed by atoms with Crippen molar-refractivity contribution in [1.29, 1.82) is 0 Å². The number of halogens is 4. The van der Waals surface area contributed by atoms with Gasteiger partial charge < -0.3 is 4.98 Å². The summed E-state index contributed by atoms with van der Waals surface area (Å²) in [5, 5.41) is -0.244. The Morgan fingerprint density at radius 1 is 1.12 bits per heavy atom. The van der Waals surface area contributed by atoms with E-state index in [0.717, 1.165) is 12.1 Å². The third kappa shape index (κ3) is 4.46. The summed E-state index contributed by atoms with van der Waals surface area (Å²) in [6.45, 7) is 1.79. The average molecular weight is 510 g/mol. The summed E-state index contributed by atoms with van der Waals surface area (Å²) in [5.41, 5.74) is -0.802. The van der Waals surface area contributed by atoms with E-state index in [1.165, 1.54) is 18.6 Å². The van der Waals surface area contributed by atoms with Crippen LogP contribution in [0.3, 0.4) is 0 Å². The van der Waals surface area contributed by atoms with Gasteiger partial charge in [-0.2, -0.15) is 13.2 Å². The smallest absolute Gasteiger partial charge is 0.346 e. The number of nitrogens with one attached hydrogen (secondary N) is 2. The van der Waals surface area contributed by atoms with E-state index in [0.29, 0.717) is 29.1 Å². The van der Waals surface area contributed by atoms with E-state index < -0.39 is 37.5 Å². The van der Waals surface area contributed by atoms with E-state index in [4.69, 9.17) is 11.6 Å². The van der Waals surface area contributed by atoms with E-state index in [-0.39, 0.29) is 17.1 Å². The molecule has 0 amide bonds. The molecule has 3 heterocycles. The molecule has 0 aliphatic carbocycles. The normalized spacial score (nSPS) is 12.1. The van der Waals surface area contributed by atoms with Gasteiger partial charge in [0.25, 0.3) is 10.0 Å². The van der Waals surface area contributed by atoms with E-state index in [1.54, 1.807) is 19.2 Å². The molecule has 0 spiro atoms. The number of H-pyrrole nitrogens is 1. The Labute approximate surface area is 196 Å². The third-order valence-electron chi connectivity index (χ3n) is 4.93. The Kier molecular flexibility index (Phi) is 6.04. The second-order valence-corrected chi connectivity index (χ2v) is 9.22. The maximum absolute atomic E-state index is 13.3. The number of aromatic nitrogens is 4. The number of rotatable bonds is 6. The van der Waals surface area contributed by atoms with E-state index >= 15 is 0 Å². The van der Waals surface area contributed by atoms with Crippen LogP contribution in [0.15, 0.2) is 53.9 Å². The number of alkyl halides is 3. The minimum absolute atomic E-state index is 0.0192. The van der Waals surface area contributed by atoms with Crippen LogP contribution in [0.5, 0.6) is 0 Å². The summed E-state index contributed by atoms with van der Waals surface area (Å²) in [5.74, 6) is -0.695. The van der Waals surface area contributed by atoms with Crippen molar-refractivity contribution in [1.82, 2.24) is 19.9 Å². The fourth-order valence-corrected chi connectivity index (χ4v) is 4.53. The number of aromatic amines is 1. The minimum Gasteiger partial charge on any atom is -0.346 e. The monoisotopic (exact) mass is 509 g/mol. The largest absolute Gasteiger partial charge is 0.417 e. The van der Waals surface area contributed by atoms with Gasteiger partial charge in [-0.15, -0.1) is 0 Å². The molecule has 0 atom stereocenters. The first kappa shape index (κ1) is 23.6. The highest BCUT2D eigenvalue weighted by molar-refractivity contribution is 7.92. The Morgan fingerprint density at radius 2 is 1.88 bits per heavy atom. The van der Waals surface area contributed by atoms with Gasteiger partial charge in [0.1, 0.15) is 23.4 Å². The van der Waals surface area contributed by atoms with E-state index in [1.807, 2.05) is 0 Å². The second-order valence-electron chi connectivity index (χ2n) is 7.13. The summed E-state index contributed by atoms with van der Waals surface area (Å²) in [6, 6.07) is 5.19. The fraction of sp³-hybridized carbons (Fsp3) is 0.143. The molecule has 0 saturated carbocycles. The summed E-state index contributed by atoms with van der Waals surface area (Å²) < 4.78 is 67.9. The van der Waals surface area contributed by atoms with Gasteiger partial charge in [-0.1, -0.05) is 18.5 Å². The number of hydrogen-bond donors (Lipinski definition) is 2. The maximum Gasteiger partial charge on any atom is 0.417 e. The molecule has 1 aromatic carbocycles. The van der Waals surface area contributed by atoms with Gasteiger partial charge in [0.15, 0.2) is 0 Å². The first-order valence-corrected chi connectivity index (χ1v) is 11.6. The summed E-state index contributed by atoms with van der Waals surface area (Å²) in [7, 11) is -4.55. The molecule has 4 rings (SSSR count). The lowest BCUT2D eigenvalue weighted by molar-refractivity contribution is -0.137. The zero-order chi connectivity index (χ0) is 24.7. The van der Waals surface area contributed by atoms with Gasteiger partial charge in [0.2, 0.25) is 5.78 Å². The van der Waals surface area contributed by atoms with Crippen molar-refractivity contribution in [3.8, 4) is 0 Å². The van der Waals surface area contributed by atoms with Crippen LogP contribution in [0.1, 0.15) is 34.2 Å². The number of benzene rings is 1. The molecular formula is C21H15ClF3N5O3S. The van der Waals surface area contributed by atoms with Gasteiger partial charge in [0, 0.05) is 17.8 Å². The lowest BCUT2D eigenvalue weighted by Crippen LogP contribution is -2.19. The maximum atomic E-state index is 13.3. The van der Waals surface area contributed by atoms with Crippen LogP contribution in [-0.2, 0) is 22.6 Å². The van der Waals surface area contributed by atoms with Crippen molar-refractivity contribution in [3.63, 3.8) is 0 Å². The Morgan fingerprint density at radius 3 is 2.59 bits per heavy atom. The van der Waals surface area contributed by atoms with Crippen molar-refractivity contribution < 1.29 is 26.4 Å². The molecule has 8 nitrogen and oxygen atoms in total. The van der Waals surface area contributed by atoms with Crippen LogP contribution in [0.25, 0.3) is 11.0 Å². The molecule has 4 aromatic rings. The number of fused-ring (bicyclic) bond motifs is 1. The Bertz CT molecular complexity index is 1520. The van der Waals surface area contributed by atoms with Crippen LogP contribution >= 0.6 is 11.6 Å². The lowest BCUT2D eigenvalue weighted by atomic mass is 10.1. The number of pyridine rings is 1. The van der Waals surface area contributed by atoms with Crippen LogP contribution in [0.4, 0.5) is 18.9 Å². The van der Waals surface area contributed by atoms with Crippen LogP contribution in [0.2, 0.25) is 5.02 Å². The predicted molar refractivity (Wildman–Crippen MR) is 118 cm³/mol. The number of carbonyl (C=O) groups is 1. The highest BCUT2D eigenvalue weighted by atomic mass is 35.5. The molecule has 0 aliphatic heterocycles. The molecule has 0 radical (unpaired) electrons. The number of hydrogen-bond acceptors (Lipinski definition) is 6. The Hall–Kier alpha value is -3.51. The number of sulfonamides is 1. The molecule has 0 bridgehead atoms.